The van der Waals surface area contributed by atoms with E-state index >= 15 is 0 Å². The molecule has 1 aromatic heterocycles. The van der Waals surface area contributed by atoms with Crippen molar-refractivity contribution in [1.29, 1.82) is 0 Å². The number of hydrogen-bond acceptors (Lipinski definition) is 6. The zero-order chi connectivity index (χ0) is 14.9. The SMILES string of the molecule is CC(CN1CCOCC1)NCC(O)COCc1cccs1. The summed E-state index contributed by atoms with van der Waals surface area (Å²) in [5, 5.41) is 15.3. The molecule has 0 aliphatic carbocycles. The Kier molecular flexibility index (Phi) is 7.63. The molecule has 0 saturated carbocycles. The van der Waals surface area contributed by atoms with Crippen molar-refractivity contribution in [2.75, 3.05) is 46.0 Å². The summed E-state index contributed by atoms with van der Waals surface area (Å²) in [5.41, 5.74) is 0. The van der Waals surface area contributed by atoms with E-state index in [4.69, 9.17) is 9.47 Å². The third kappa shape index (κ3) is 6.86. The molecule has 5 nitrogen and oxygen atoms in total. The zero-order valence-electron chi connectivity index (χ0n) is 12.7. The molecule has 1 aromatic rings. The molecule has 0 aromatic carbocycles. The fourth-order valence-electron chi connectivity index (χ4n) is 2.32. The fraction of sp³-hybridized carbons (Fsp3) is 0.733. The molecule has 1 fully saturated rings. The van der Waals surface area contributed by atoms with Gasteiger partial charge in [0.25, 0.3) is 0 Å². The van der Waals surface area contributed by atoms with Crippen LogP contribution in [0.5, 0.6) is 0 Å². The highest BCUT2D eigenvalue weighted by atomic mass is 32.1. The average molecular weight is 314 g/mol. The second-order valence-electron chi connectivity index (χ2n) is 5.47. The van der Waals surface area contributed by atoms with Crippen LogP contribution >= 0.6 is 11.3 Å². The maximum absolute atomic E-state index is 9.91. The Hall–Kier alpha value is -0.500. The molecule has 0 bridgehead atoms. The van der Waals surface area contributed by atoms with Crippen LogP contribution < -0.4 is 5.32 Å². The lowest BCUT2D eigenvalue weighted by Gasteiger charge is -2.29. The Morgan fingerprint density at radius 3 is 3.00 bits per heavy atom. The maximum Gasteiger partial charge on any atom is 0.0897 e. The minimum atomic E-state index is -0.461. The summed E-state index contributed by atoms with van der Waals surface area (Å²) in [6, 6.07) is 4.41. The van der Waals surface area contributed by atoms with Crippen LogP contribution in [0.4, 0.5) is 0 Å². The Balaban J connectivity index is 1.52. The van der Waals surface area contributed by atoms with Crippen LogP contribution in [0.25, 0.3) is 0 Å². The first kappa shape index (κ1) is 16.9. The van der Waals surface area contributed by atoms with Gasteiger partial charge in [-0.25, -0.2) is 0 Å². The topological polar surface area (TPSA) is 54.0 Å². The van der Waals surface area contributed by atoms with Crippen LogP contribution in [0.1, 0.15) is 11.8 Å². The number of thiophene rings is 1. The molecule has 1 aliphatic rings. The third-order valence-corrected chi connectivity index (χ3v) is 4.32. The molecule has 0 amide bonds. The summed E-state index contributed by atoms with van der Waals surface area (Å²) in [6.07, 6.45) is -0.461. The summed E-state index contributed by atoms with van der Waals surface area (Å²) in [4.78, 5) is 3.58. The van der Waals surface area contributed by atoms with E-state index in [0.717, 1.165) is 32.8 Å². The Labute approximate surface area is 130 Å². The molecule has 120 valence electrons. The first-order valence-corrected chi connectivity index (χ1v) is 8.43. The van der Waals surface area contributed by atoms with Gasteiger partial charge in [-0.15, -0.1) is 11.3 Å². The molecule has 2 rings (SSSR count). The standard InChI is InChI=1S/C15H26N2O3S/c1-13(10-17-4-6-19-7-5-17)16-9-14(18)11-20-12-15-3-2-8-21-15/h2-3,8,13-14,16,18H,4-7,9-12H2,1H3. The highest BCUT2D eigenvalue weighted by molar-refractivity contribution is 7.09. The lowest BCUT2D eigenvalue weighted by atomic mass is 10.2. The molecule has 0 radical (unpaired) electrons. The van der Waals surface area contributed by atoms with Crippen LogP contribution in [0.3, 0.4) is 0 Å². The van der Waals surface area contributed by atoms with E-state index in [1.807, 2.05) is 17.5 Å². The van der Waals surface area contributed by atoms with Crippen molar-refractivity contribution in [3.8, 4) is 0 Å². The number of hydrogen-bond donors (Lipinski definition) is 2. The molecule has 2 atom stereocenters. The summed E-state index contributed by atoms with van der Waals surface area (Å²) in [7, 11) is 0. The number of morpholine rings is 1. The second kappa shape index (κ2) is 9.50. The highest BCUT2D eigenvalue weighted by Gasteiger charge is 2.14. The normalized spacial score (nSPS) is 19.5. The van der Waals surface area contributed by atoms with E-state index in [9.17, 15) is 5.11 Å². The molecular formula is C15H26N2O3S. The second-order valence-corrected chi connectivity index (χ2v) is 6.50. The maximum atomic E-state index is 9.91. The predicted octanol–water partition coefficient (Wildman–Crippen LogP) is 0.936. The van der Waals surface area contributed by atoms with Crippen LogP contribution in [0.2, 0.25) is 0 Å². The van der Waals surface area contributed by atoms with Crippen molar-refractivity contribution in [1.82, 2.24) is 10.2 Å². The van der Waals surface area contributed by atoms with Crippen molar-refractivity contribution >= 4 is 11.3 Å². The molecule has 6 heteroatoms. The van der Waals surface area contributed by atoms with Crippen LogP contribution in [0.15, 0.2) is 17.5 Å². The number of rotatable bonds is 9. The monoisotopic (exact) mass is 314 g/mol. The summed E-state index contributed by atoms with van der Waals surface area (Å²) in [6.45, 7) is 8.30. The molecule has 1 aliphatic heterocycles. The smallest absolute Gasteiger partial charge is 0.0897 e. The lowest BCUT2D eigenvalue weighted by molar-refractivity contribution is 0.0229. The van der Waals surface area contributed by atoms with Gasteiger partial charge in [-0.2, -0.15) is 0 Å². The van der Waals surface area contributed by atoms with Gasteiger partial charge < -0.3 is 19.9 Å². The van der Waals surface area contributed by atoms with Gasteiger partial charge in [-0.3, -0.25) is 4.90 Å². The fourth-order valence-corrected chi connectivity index (χ4v) is 2.96. The molecule has 21 heavy (non-hydrogen) atoms. The number of nitrogens with zero attached hydrogens (tertiary/aromatic N) is 1. The van der Waals surface area contributed by atoms with Crippen LogP contribution in [0, 0.1) is 0 Å². The third-order valence-electron chi connectivity index (χ3n) is 3.47. The number of aliphatic hydroxyl groups is 1. The van der Waals surface area contributed by atoms with Gasteiger partial charge in [0.05, 0.1) is 32.5 Å². The Morgan fingerprint density at radius 2 is 2.29 bits per heavy atom. The molecule has 1 saturated heterocycles. The summed E-state index contributed by atoms with van der Waals surface area (Å²) in [5.74, 6) is 0. The van der Waals surface area contributed by atoms with Gasteiger partial charge in [0.1, 0.15) is 0 Å². The summed E-state index contributed by atoms with van der Waals surface area (Å²) < 4.78 is 10.9. The van der Waals surface area contributed by atoms with E-state index in [1.165, 1.54) is 4.88 Å². The van der Waals surface area contributed by atoms with Crippen molar-refractivity contribution in [2.24, 2.45) is 0 Å². The molecular weight excluding hydrogens is 288 g/mol. The highest BCUT2D eigenvalue weighted by Crippen LogP contribution is 2.09. The number of aliphatic hydroxyl groups excluding tert-OH is 1. The van der Waals surface area contributed by atoms with Gasteiger partial charge in [0.2, 0.25) is 0 Å². The van der Waals surface area contributed by atoms with Crippen molar-refractivity contribution < 1.29 is 14.6 Å². The summed E-state index contributed by atoms with van der Waals surface area (Å²) >= 11 is 1.67. The minimum Gasteiger partial charge on any atom is -0.389 e. The first-order chi connectivity index (χ1) is 10.2. The number of ether oxygens (including phenoxy) is 2. The zero-order valence-corrected chi connectivity index (χ0v) is 13.5. The van der Waals surface area contributed by atoms with E-state index in [0.29, 0.717) is 25.8 Å². The molecule has 2 N–H and O–H groups in total. The Bertz CT molecular complexity index is 369. The van der Waals surface area contributed by atoms with Gasteiger partial charge in [-0.1, -0.05) is 6.07 Å². The van der Waals surface area contributed by atoms with Crippen molar-refractivity contribution in [3.63, 3.8) is 0 Å². The molecule has 0 spiro atoms. The van der Waals surface area contributed by atoms with Gasteiger partial charge >= 0.3 is 0 Å². The van der Waals surface area contributed by atoms with Crippen molar-refractivity contribution in [2.45, 2.75) is 25.7 Å². The average Bonchev–Trinajstić information content (AvgIpc) is 2.99. The van der Waals surface area contributed by atoms with Gasteiger partial charge in [0, 0.05) is 37.1 Å². The van der Waals surface area contributed by atoms with E-state index in [-0.39, 0.29) is 0 Å². The van der Waals surface area contributed by atoms with E-state index in [1.54, 1.807) is 11.3 Å². The van der Waals surface area contributed by atoms with Gasteiger partial charge in [0.15, 0.2) is 0 Å². The van der Waals surface area contributed by atoms with Crippen molar-refractivity contribution in [3.05, 3.63) is 22.4 Å². The van der Waals surface area contributed by atoms with Crippen LogP contribution in [-0.2, 0) is 16.1 Å². The van der Waals surface area contributed by atoms with Gasteiger partial charge in [-0.05, 0) is 18.4 Å². The van der Waals surface area contributed by atoms with Crippen LogP contribution in [-0.4, -0.2) is 68.2 Å². The first-order valence-electron chi connectivity index (χ1n) is 7.55. The molecule has 2 heterocycles. The van der Waals surface area contributed by atoms with E-state index < -0.39 is 6.10 Å². The predicted molar refractivity (Wildman–Crippen MR) is 84.7 cm³/mol. The van der Waals surface area contributed by atoms with E-state index in [2.05, 4.69) is 17.1 Å². The largest absolute Gasteiger partial charge is 0.389 e. The lowest BCUT2D eigenvalue weighted by Crippen LogP contribution is -2.46. The quantitative estimate of drug-likeness (QED) is 0.710. The number of nitrogens with one attached hydrogen (secondary N) is 1. The Morgan fingerprint density at radius 1 is 1.48 bits per heavy atom. The molecule has 2 unspecified atom stereocenters. The minimum absolute atomic E-state index is 0.357.